The Balaban J connectivity index is 1.84. The first-order chi connectivity index (χ1) is 11.9. The van der Waals surface area contributed by atoms with Gasteiger partial charge in [0, 0.05) is 11.8 Å². The van der Waals surface area contributed by atoms with Crippen molar-refractivity contribution >= 4 is 28.6 Å². The van der Waals surface area contributed by atoms with E-state index < -0.39 is 0 Å². The Bertz CT molecular complexity index is 1050. The van der Waals surface area contributed by atoms with Gasteiger partial charge in [0.25, 0.3) is 0 Å². The maximum absolute atomic E-state index is 12.5. The molecule has 0 atom stereocenters. The van der Waals surface area contributed by atoms with Gasteiger partial charge < -0.3 is 14.8 Å². The lowest BCUT2D eigenvalue weighted by molar-refractivity contribution is -0.111. The van der Waals surface area contributed by atoms with Gasteiger partial charge in [-0.1, -0.05) is 11.6 Å². The van der Waals surface area contributed by atoms with Gasteiger partial charge >= 0.3 is 0 Å². The molecule has 0 aliphatic carbocycles. The van der Waals surface area contributed by atoms with Crippen LogP contribution < -0.4 is 10.7 Å². The second-order valence-electron chi connectivity index (χ2n) is 5.84. The molecule has 25 heavy (non-hydrogen) atoms. The predicted molar refractivity (Wildman–Crippen MR) is 97.7 cm³/mol. The number of phenols is 1. The normalized spacial score (nSPS) is 11.1. The molecule has 0 bridgehead atoms. The summed E-state index contributed by atoms with van der Waals surface area (Å²) in [6, 6.07) is 10.0. The second kappa shape index (κ2) is 6.65. The molecule has 1 aromatic heterocycles. The summed E-state index contributed by atoms with van der Waals surface area (Å²) in [5, 5.41) is 12.6. The number of amides is 1. The SMILES string of the molecule is Cc1ccc2occ(/C=C/C(=O)Nc3ccc(O)cc3C)c(=O)c2c1. The highest BCUT2D eigenvalue weighted by molar-refractivity contribution is 6.02. The van der Waals surface area contributed by atoms with Crippen LogP contribution >= 0.6 is 0 Å². The molecule has 2 aromatic carbocycles. The van der Waals surface area contributed by atoms with Gasteiger partial charge in [0.05, 0.1) is 10.9 Å². The Morgan fingerprint density at radius 1 is 1.16 bits per heavy atom. The van der Waals surface area contributed by atoms with Crippen LogP contribution in [0.4, 0.5) is 5.69 Å². The van der Waals surface area contributed by atoms with E-state index in [1.54, 1.807) is 31.2 Å². The first-order valence-corrected chi connectivity index (χ1v) is 7.75. The number of rotatable bonds is 3. The average Bonchev–Trinajstić information content (AvgIpc) is 2.57. The van der Waals surface area contributed by atoms with E-state index in [1.807, 2.05) is 13.0 Å². The van der Waals surface area contributed by atoms with Crippen LogP contribution in [0.1, 0.15) is 16.7 Å². The number of aryl methyl sites for hydroxylation is 2. The predicted octanol–water partition coefficient (Wildman–Crippen LogP) is 3.77. The quantitative estimate of drug-likeness (QED) is 0.564. The Kier molecular flexibility index (Phi) is 4.39. The molecule has 0 spiro atoms. The minimum atomic E-state index is -0.377. The Morgan fingerprint density at radius 3 is 2.72 bits per heavy atom. The van der Waals surface area contributed by atoms with Crippen molar-refractivity contribution in [3.8, 4) is 5.75 Å². The molecule has 0 radical (unpaired) electrons. The van der Waals surface area contributed by atoms with E-state index in [0.29, 0.717) is 22.2 Å². The third-order valence-corrected chi connectivity index (χ3v) is 3.84. The molecule has 1 amide bonds. The minimum absolute atomic E-state index is 0.134. The van der Waals surface area contributed by atoms with Crippen LogP contribution in [0.25, 0.3) is 17.0 Å². The Hall–Kier alpha value is -3.34. The summed E-state index contributed by atoms with van der Waals surface area (Å²) in [5.41, 5.74) is 2.92. The van der Waals surface area contributed by atoms with Crippen molar-refractivity contribution in [2.45, 2.75) is 13.8 Å². The van der Waals surface area contributed by atoms with Gasteiger partial charge in [-0.3, -0.25) is 9.59 Å². The molecule has 0 saturated carbocycles. The van der Waals surface area contributed by atoms with Gasteiger partial charge in [-0.2, -0.15) is 0 Å². The lowest BCUT2D eigenvalue weighted by Gasteiger charge is -2.06. The molecule has 0 unspecified atom stereocenters. The molecule has 0 saturated heterocycles. The van der Waals surface area contributed by atoms with Crippen molar-refractivity contribution in [2.24, 2.45) is 0 Å². The third-order valence-electron chi connectivity index (χ3n) is 3.84. The van der Waals surface area contributed by atoms with Crippen LogP contribution in [-0.4, -0.2) is 11.0 Å². The lowest BCUT2D eigenvalue weighted by Crippen LogP contribution is -2.10. The molecule has 5 nitrogen and oxygen atoms in total. The number of benzene rings is 2. The molecule has 0 aliphatic heterocycles. The first kappa shape index (κ1) is 16.5. The molecular weight excluding hydrogens is 318 g/mol. The third kappa shape index (κ3) is 3.61. The first-order valence-electron chi connectivity index (χ1n) is 7.75. The number of nitrogens with one attached hydrogen (secondary N) is 1. The minimum Gasteiger partial charge on any atom is -0.508 e. The van der Waals surface area contributed by atoms with E-state index in [1.165, 1.54) is 24.5 Å². The number of fused-ring (bicyclic) bond motifs is 1. The van der Waals surface area contributed by atoms with Gasteiger partial charge in [0.2, 0.25) is 5.91 Å². The fraction of sp³-hybridized carbons (Fsp3) is 0.100. The number of hydrogen-bond donors (Lipinski definition) is 2. The van der Waals surface area contributed by atoms with E-state index >= 15 is 0 Å². The Labute approximate surface area is 144 Å². The molecule has 0 fully saturated rings. The van der Waals surface area contributed by atoms with Crippen molar-refractivity contribution in [3.63, 3.8) is 0 Å². The number of hydrogen-bond acceptors (Lipinski definition) is 4. The van der Waals surface area contributed by atoms with Crippen molar-refractivity contribution in [1.29, 1.82) is 0 Å². The van der Waals surface area contributed by atoms with Crippen molar-refractivity contribution in [3.05, 3.63) is 75.7 Å². The van der Waals surface area contributed by atoms with Crippen LogP contribution in [0, 0.1) is 13.8 Å². The van der Waals surface area contributed by atoms with Crippen LogP contribution in [-0.2, 0) is 4.79 Å². The fourth-order valence-corrected chi connectivity index (χ4v) is 2.50. The lowest BCUT2D eigenvalue weighted by atomic mass is 10.1. The number of anilines is 1. The van der Waals surface area contributed by atoms with Gasteiger partial charge in [0.15, 0.2) is 5.43 Å². The van der Waals surface area contributed by atoms with Crippen LogP contribution in [0.5, 0.6) is 5.75 Å². The summed E-state index contributed by atoms with van der Waals surface area (Å²) in [4.78, 5) is 24.5. The Morgan fingerprint density at radius 2 is 1.96 bits per heavy atom. The maximum atomic E-state index is 12.5. The average molecular weight is 335 g/mol. The van der Waals surface area contributed by atoms with Crippen molar-refractivity contribution < 1.29 is 14.3 Å². The van der Waals surface area contributed by atoms with Gasteiger partial charge in [-0.05, 0) is 55.8 Å². The number of carbonyl (C=O) groups is 1. The monoisotopic (exact) mass is 335 g/mol. The van der Waals surface area contributed by atoms with Gasteiger partial charge in [0.1, 0.15) is 17.6 Å². The number of phenolic OH excluding ortho intramolecular Hbond substituents is 1. The summed E-state index contributed by atoms with van der Waals surface area (Å²) in [6.07, 6.45) is 4.05. The fourth-order valence-electron chi connectivity index (χ4n) is 2.50. The highest BCUT2D eigenvalue weighted by Gasteiger charge is 2.06. The largest absolute Gasteiger partial charge is 0.508 e. The molecule has 1 heterocycles. The molecular formula is C20H17NO4. The second-order valence-corrected chi connectivity index (χ2v) is 5.84. The zero-order chi connectivity index (χ0) is 18.0. The zero-order valence-corrected chi connectivity index (χ0v) is 13.9. The molecule has 126 valence electrons. The maximum Gasteiger partial charge on any atom is 0.248 e. The molecule has 2 N–H and O–H groups in total. The van der Waals surface area contributed by atoms with Crippen LogP contribution in [0.15, 0.2) is 57.9 Å². The zero-order valence-electron chi connectivity index (χ0n) is 13.9. The summed E-state index contributed by atoms with van der Waals surface area (Å²) in [7, 11) is 0. The number of carbonyl (C=O) groups excluding carboxylic acids is 1. The van der Waals surface area contributed by atoms with Crippen molar-refractivity contribution in [1.82, 2.24) is 0 Å². The van der Waals surface area contributed by atoms with E-state index in [9.17, 15) is 14.7 Å². The van der Waals surface area contributed by atoms with Crippen LogP contribution in [0.3, 0.4) is 0 Å². The van der Waals surface area contributed by atoms with E-state index in [4.69, 9.17) is 4.42 Å². The van der Waals surface area contributed by atoms with E-state index in [0.717, 1.165) is 11.1 Å². The van der Waals surface area contributed by atoms with Gasteiger partial charge in [-0.15, -0.1) is 0 Å². The summed E-state index contributed by atoms with van der Waals surface area (Å²) >= 11 is 0. The highest BCUT2D eigenvalue weighted by atomic mass is 16.3. The van der Waals surface area contributed by atoms with Gasteiger partial charge in [-0.25, -0.2) is 0 Å². The molecule has 3 aromatic rings. The number of aromatic hydroxyl groups is 1. The van der Waals surface area contributed by atoms with Crippen LogP contribution in [0.2, 0.25) is 0 Å². The smallest absolute Gasteiger partial charge is 0.248 e. The molecule has 3 rings (SSSR count). The molecule has 5 heteroatoms. The standard InChI is InChI=1S/C20H17NO4/c1-12-3-7-18-16(9-12)20(24)14(11-25-18)4-8-19(23)21-17-6-5-15(22)10-13(17)2/h3-11,22H,1-2H3,(H,21,23)/b8-4+. The topological polar surface area (TPSA) is 79.5 Å². The summed E-state index contributed by atoms with van der Waals surface area (Å²) < 4.78 is 5.45. The highest BCUT2D eigenvalue weighted by Crippen LogP contribution is 2.20. The summed E-state index contributed by atoms with van der Waals surface area (Å²) in [5.74, 6) is -0.243. The van der Waals surface area contributed by atoms with E-state index in [2.05, 4.69) is 5.32 Å². The molecule has 0 aliphatic rings. The van der Waals surface area contributed by atoms with Crippen molar-refractivity contribution in [2.75, 3.05) is 5.32 Å². The summed E-state index contributed by atoms with van der Waals surface area (Å²) in [6.45, 7) is 3.67. The van der Waals surface area contributed by atoms with E-state index in [-0.39, 0.29) is 17.1 Å².